The molecule has 0 saturated carbocycles. The number of anilines is 1. The lowest BCUT2D eigenvalue weighted by Crippen LogP contribution is -2.30. The first-order chi connectivity index (χ1) is 13.7. The SMILES string of the molecule is Cc1nc(N2CCCCC2)c2[nH]c(-c3cnn(-c4ccccc4)c3C)cc2n1.Cl. The third-order valence-corrected chi connectivity index (χ3v) is 5.53. The van der Waals surface area contributed by atoms with Crippen LogP contribution in [0, 0.1) is 13.8 Å². The molecule has 4 aromatic rings. The molecule has 0 aliphatic carbocycles. The minimum atomic E-state index is 0. The topological polar surface area (TPSA) is 62.6 Å². The number of nitrogens with zero attached hydrogens (tertiary/aromatic N) is 5. The van der Waals surface area contributed by atoms with Gasteiger partial charge in [0.1, 0.15) is 11.3 Å². The van der Waals surface area contributed by atoms with Crippen molar-refractivity contribution in [3.05, 3.63) is 54.1 Å². The molecule has 0 radical (unpaired) electrons. The van der Waals surface area contributed by atoms with Crippen LogP contribution < -0.4 is 4.90 Å². The Kier molecular flexibility index (Phi) is 5.28. The third kappa shape index (κ3) is 3.49. The van der Waals surface area contributed by atoms with Gasteiger partial charge in [-0.15, -0.1) is 12.4 Å². The van der Waals surface area contributed by atoms with Crippen LogP contribution in [0.2, 0.25) is 0 Å². The first-order valence-corrected chi connectivity index (χ1v) is 9.93. The van der Waals surface area contributed by atoms with E-state index in [0.717, 1.165) is 58.4 Å². The van der Waals surface area contributed by atoms with Gasteiger partial charge in [-0.3, -0.25) is 0 Å². The van der Waals surface area contributed by atoms with Crippen LogP contribution in [0.4, 0.5) is 5.82 Å². The maximum atomic E-state index is 4.77. The highest BCUT2D eigenvalue weighted by atomic mass is 35.5. The average Bonchev–Trinajstić information content (AvgIpc) is 3.31. The van der Waals surface area contributed by atoms with Crippen LogP contribution in [-0.2, 0) is 0 Å². The molecule has 7 heteroatoms. The van der Waals surface area contributed by atoms with Crippen LogP contribution in [0.3, 0.4) is 0 Å². The largest absolute Gasteiger partial charge is 0.355 e. The average molecular weight is 409 g/mol. The Morgan fingerprint density at radius 3 is 2.48 bits per heavy atom. The number of hydrogen-bond acceptors (Lipinski definition) is 4. The maximum Gasteiger partial charge on any atom is 0.156 e. The van der Waals surface area contributed by atoms with E-state index in [9.17, 15) is 0 Å². The smallest absolute Gasteiger partial charge is 0.156 e. The van der Waals surface area contributed by atoms with E-state index in [0.29, 0.717) is 0 Å². The summed E-state index contributed by atoms with van der Waals surface area (Å²) >= 11 is 0. The molecule has 5 rings (SSSR count). The van der Waals surface area contributed by atoms with Crippen molar-refractivity contribution >= 4 is 29.3 Å². The van der Waals surface area contributed by atoms with Gasteiger partial charge in [-0.05, 0) is 51.3 Å². The van der Waals surface area contributed by atoms with Gasteiger partial charge < -0.3 is 9.88 Å². The lowest BCUT2D eigenvalue weighted by molar-refractivity contribution is 0.574. The van der Waals surface area contributed by atoms with Gasteiger partial charge in [-0.2, -0.15) is 5.10 Å². The van der Waals surface area contributed by atoms with E-state index in [2.05, 4.69) is 45.1 Å². The predicted octanol–water partition coefficient (Wildman–Crippen LogP) is 4.84. The second kappa shape index (κ2) is 7.87. The van der Waals surface area contributed by atoms with Gasteiger partial charge in [0.25, 0.3) is 0 Å². The molecule has 29 heavy (non-hydrogen) atoms. The normalized spacial score (nSPS) is 14.2. The quantitative estimate of drug-likeness (QED) is 0.526. The molecule has 1 fully saturated rings. The molecular formula is C22H25ClN6. The van der Waals surface area contributed by atoms with Crippen molar-refractivity contribution < 1.29 is 0 Å². The van der Waals surface area contributed by atoms with Crippen molar-refractivity contribution in [1.82, 2.24) is 24.7 Å². The van der Waals surface area contributed by atoms with Crippen LogP contribution in [0.5, 0.6) is 0 Å². The lowest BCUT2D eigenvalue weighted by atomic mass is 10.1. The Bertz CT molecular complexity index is 1130. The number of nitrogens with one attached hydrogen (secondary N) is 1. The number of rotatable bonds is 3. The van der Waals surface area contributed by atoms with E-state index in [4.69, 9.17) is 4.98 Å². The Morgan fingerprint density at radius 1 is 0.966 bits per heavy atom. The van der Waals surface area contributed by atoms with E-state index in [-0.39, 0.29) is 12.4 Å². The van der Waals surface area contributed by atoms with E-state index >= 15 is 0 Å². The minimum Gasteiger partial charge on any atom is -0.355 e. The number of piperidine rings is 1. The van der Waals surface area contributed by atoms with E-state index in [1.165, 1.54) is 19.3 Å². The summed E-state index contributed by atoms with van der Waals surface area (Å²) in [4.78, 5) is 15.4. The fourth-order valence-electron chi connectivity index (χ4n) is 4.09. The van der Waals surface area contributed by atoms with E-state index in [1.54, 1.807) is 0 Å². The summed E-state index contributed by atoms with van der Waals surface area (Å²) in [5.41, 5.74) is 6.27. The number of benzene rings is 1. The summed E-state index contributed by atoms with van der Waals surface area (Å²) in [6.45, 7) is 6.19. The molecule has 150 valence electrons. The molecular weight excluding hydrogens is 384 g/mol. The fourth-order valence-corrected chi connectivity index (χ4v) is 4.09. The zero-order valence-corrected chi connectivity index (χ0v) is 17.5. The fraction of sp³-hybridized carbons (Fsp3) is 0.318. The second-order valence-corrected chi connectivity index (χ2v) is 7.48. The third-order valence-electron chi connectivity index (χ3n) is 5.53. The van der Waals surface area contributed by atoms with Crippen LogP contribution in [-0.4, -0.2) is 37.8 Å². The van der Waals surface area contributed by atoms with Crippen LogP contribution in [0.15, 0.2) is 42.6 Å². The molecule has 1 aromatic carbocycles. The second-order valence-electron chi connectivity index (χ2n) is 7.48. The van der Waals surface area contributed by atoms with Crippen molar-refractivity contribution in [2.75, 3.05) is 18.0 Å². The Hall–Kier alpha value is -2.86. The van der Waals surface area contributed by atoms with Crippen molar-refractivity contribution in [3.63, 3.8) is 0 Å². The predicted molar refractivity (Wildman–Crippen MR) is 119 cm³/mol. The number of H-pyrrole nitrogens is 1. The Morgan fingerprint density at radius 2 is 1.72 bits per heavy atom. The molecule has 6 nitrogen and oxygen atoms in total. The molecule has 0 amide bonds. The van der Waals surface area contributed by atoms with Crippen molar-refractivity contribution in [3.8, 4) is 16.9 Å². The van der Waals surface area contributed by atoms with Crippen molar-refractivity contribution in [1.29, 1.82) is 0 Å². The van der Waals surface area contributed by atoms with Crippen LogP contribution >= 0.6 is 12.4 Å². The molecule has 1 aliphatic rings. The minimum absolute atomic E-state index is 0. The van der Waals surface area contributed by atoms with Gasteiger partial charge in [0, 0.05) is 18.7 Å². The highest BCUT2D eigenvalue weighted by molar-refractivity contribution is 5.91. The number of para-hydroxylation sites is 1. The Balaban J connectivity index is 0.00000205. The van der Waals surface area contributed by atoms with Gasteiger partial charge in [0.15, 0.2) is 5.82 Å². The standard InChI is InChI=1S/C22H24N6.ClH/c1-15-18(14-23-28(15)17-9-5-3-6-10-17)19-13-20-21(26-19)22(25-16(2)24-20)27-11-7-4-8-12-27;/h3,5-6,9-10,13-14,26H,4,7-8,11-12H2,1-2H3;1H. The highest BCUT2D eigenvalue weighted by Gasteiger charge is 2.20. The van der Waals surface area contributed by atoms with Gasteiger partial charge in [0.05, 0.1) is 28.8 Å². The molecule has 0 spiro atoms. The lowest BCUT2D eigenvalue weighted by Gasteiger charge is -2.28. The van der Waals surface area contributed by atoms with Crippen LogP contribution in [0.25, 0.3) is 28.0 Å². The number of hydrogen-bond donors (Lipinski definition) is 1. The highest BCUT2D eigenvalue weighted by Crippen LogP contribution is 2.31. The number of aryl methyl sites for hydroxylation is 1. The molecule has 1 N–H and O–H groups in total. The Labute approximate surface area is 176 Å². The summed E-state index contributed by atoms with van der Waals surface area (Å²) in [5, 5.41) is 4.61. The molecule has 0 bridgehead atoms. The summed E-state index contributed by atoms with van der Waals surface area (Å²) in [6, 6.07) is 12.3. The van der Waals surface area contributed by atoms with Gasteiger partial charge in [-0.1, -0.05) is 18.2 Å². The van der Waals surface area contributed by atoms with Gasteiger partial charge in [-0.25, -0.2) is 14.6 Å². The number of aromatic amines is 1. The summed E-state index contributed by atoms with van der Waals surface area (Å²) in [5.74, 6) is 1.84. The summed E-state index contributed by atoms with van der Waals surface area (Å²) in [7, 11) is 0. The van der Waals surface area contributed by atoms with Gasteiger partial charge >= 0.3 is 0 Å². The number of fused-ring (bicyclic) bond motifs is 1. The summed E-state index contributed by atoms with van der Waals surface area (Å²) in [6.07, 6.45) is 5.67. The first-order valence-electron chi connectivity index (χ1n) is 9.93. The van der Waals surface area contributed by atoms with Crippen molar-refractivity contribution in [2.45, 2.75) is 33.1 Å². The van der Waals surface area contributed by atoms with Crippen LogP contribution in [0.1, 0.15) is 30.8 Å². The first kappa shape index (κ1) is 19.5. The molecule has 4 heterocycles. The maximum absolute atomic E-state index is 4.77. The summed E-state index contributed by atoms with van der Waals surface area (Å²) < 4.78 is 1.98. The van der Waals surface area contributed by atoms with E-state index < -0.39 is 0 Å². The molecule has 1 saturated heterocycles. The monoisotopic (exact) mass is 408 g/mol. The zero-order chi connectivity index (χ0) is 19.1. The molecule has 1 aliphatic heterocycles. The number of aromatic nitrogens is 5. The van der Waals surface area contributed by atoms with Gasteiger partial charge in [0.2, 0.25) is 0 Å². The molecule has 0 unspecified atom stereocenters. The zero-order valence-electron chi connectivity index (χ0n) is 16.7. The van der Waals surface area contributed by atoms with E-state index in [1.807, 2.05) is 36.0 Å². The molecule has 0 atom stereocenters. The van der Waals surface area contributed by atoms with Crippen molar-refractivity contribution in [2.24, 2.45) is 0 Å². The number of halogens is 1. The molecule has 3 aromatic heterocycles.